The van der Waals surface area contributed by atoms with Crippen LogP contribution in [0.4, 0.5) is 5.69 Å². The van der Waals surface area contributed by atoms with E-state index >= 15 is 0 Å². The summed E-state index contributed by atoms with van der Waals surface area (Å²) in [5.74, 6) is 0. The van der Waals surface area contributed by atoms with Crippen LogP contribution in [0.15, 0.2) is 48.5 Å². The van der Waals surface area contributed by atoms with Gasteiger partial charge in [-0.2, -0.15) is 0 Å². The first kappa shape index (κ1) is 24.4. The molecule has 2 aromatic carbocycles. The molecular formula is C28H36N4O2S. The normalized spacial score (nSPS) is 19.2. The molecule has 0 spiro atoms. The predicted molar refractivity (Wildman–Crippen MR) is 142 cm³/mol. The molecule has 2 fully saturated rings. The van der Waals surface area contributed by atoms with Crippen LogP contribution in [0.5, 0.6) is 0 Å². The van der Waals surface area contributed by atoms with Crippen molar-refractivity contribution < 1.29 is 9.78 Å². The second kappa shape index (κ2) is 10.7. The molecular weight excluding hydrogens is 456 g/mol. The molecule has 1 saturated heterocycles. The Balaban J connectivity index is 1.17. The van der Waals surface area contributed by atoms with Gasteiger partial charge in [-0.1, -0.05) is 49.4 Å². The number of piperazine rings is 1. The standard InChI is InChI=1S/C28H36N4O2S/c1-28(2)14-12-25(13-15-28)32-18-16-31(17-19-32)24-10-8-23(9-11-24)27-30-29-26(35-27)22-6-4-21(5-7-22)20-34-33-3/h4-11,25H,12-20H2,1-3H3. The topological polar surface area (TPSA) is 50.7 Å². The first-order valence-corrected chi connectivity index (χ1v) is 13.5. The van der Waals surface area contributed by atoms with Crippen LogP contribution in [-0.4, -0.2) is 54.4 Å². The number of nitrogens with zero attached hydrogens (tertiary/aromatic N) is 4. The van der Waals surface area contributed by atoms with Gasteiger partial charge in [0.25, 0.3) is 0 Å². The molecule has 0 atom stereocenters. The highest BCUT2D eigenvalue weighted by atomic mass is 32.1. The molecule has 2 heterocycles. The molecule has 0 unspecified atom stereocenters. The summed E-state index contributed by atoms with van der Waals surface area (Å²) in [6, 6.07) is 17.8. The Morgan fingerprint density at radius 3 is 2.00 bits per heavy atom. The Morgan fingerprint density at radius 1 is 0.857 bits per heavy atom. The van der Waals surface area contributed by atoms with Crippen molar-refractivity contribution in [2.24, 2.45) is 5.41 Å². The third-order valence-electron chi connectivity index (χ3n) is 7.59. The highest BCUT2D eigenvalue weighted by Crippen LogP contribution is 2.37. The third-order valence-corrected chi connectivity index (χ3v) is 8.61. The molecule has 0 radical (unpaired) electrons. The zero-order valence-corrected chi connectivity index (χ0v) is 21.9. The largest absolute Gasteiger partial charge is 0.369 e. The van der Waals surface area contributed by atoms with E-state index in [1.165, 1.54) is 51.6 Å². The summed E-state index contributed by atoms with van der Waals surface area (Å²) in [4.78, 5) is 14.9. The zero-order chi connectivity index (χ0) is 24.3. The monoisotopic (exact) mass is 492 g/mol. The Morgan fingerprint density at radius 2 is 1.43 bits per heavy atom. The van der Waals surface area contributed by atoms with Crippen LogP contribution in [0.1, 0.15) is 45.1 Å². The molecule has 35 heavy (non-hydrogen) atoms. The Hall–Kier alpha value is -2.32. The van der Waals surface area contributed by atoms with Crippen molar-refractivity contribution in [1.29, 1.82) is 0 Å². The number of anilines is 1. The maximum Gasteiger partial charge on any atom is 0.148 e. The van der Waals surface area contributed by atoms with Crippen LogP contribution in [0.2, 0.25) is 0 Å². The Labute approximate surface area is 212 Å². The van der Waals surface area contributed by atoms with Gasteiger partial charge in [-0.15, -0.1) is 10.2 Å². The minimum atomic E-state index is 0.429. The number of hydrogen-bond donors (Lipinski definition) is 0. The lowest BCUT2D eigenvalue weighted by Gasteiger charge is -2.44. The number of aromatic nitrogens is 2. The van der Waals surface area contributed by atoms with Crippen molar-refractivity contribution in [3.8, 4) is 21.1 Å². The molecule has 5 rings (SSSR count). The second-order valence-electron chi connectivity index (χ2n) is 10.5. The molecule has 3 aromatic rings. The summed E-state index contributed by atoms with van der Waals surface area (Å²) < 4.78 is 0. The lowest BCUT2D eigenvalue weighted by Crippen LogP contribution is -2.51. The molecule has 1 aliphatic carbocycles. The summed E-state index contributed by atoms with van der Waals surface area (Å²) in [6.07, 6.45) is 5.44. The molecule has 6 nitrogen and oxygen atoms in total. The fourth-order valence-corrected chi connectivity index (χ4v) is 6.09. The fourth-order valence-electron chi connectivity index (χ4n) is 5.24. The van der Waals surface area contributed by atoms with Crippen LogP contribution in [0.25, 0.3) is 21.1 Å². The van der Waals surface area contributed by atoms with E-state index in [4.69, 9.17) is 4.89 Å². The molecule has 186 valence electrons. The van der Waals surface area contributed by atoms with Gasteiger partial charge in [0.05, 0.1) is 7.11 Å². The van der Waals surface area contributed by atoms with E-state index < -0.39 is 0 Å². The summed E-state index contributed by atoms with van der Waals surface area (Å²) in [7, 11) is 1.52. The average Bonchev–Trinajstić information content (AvgIpc) is 3.38. The Kier molecular flexibility index (Phi) is 7.48. The highest BCUT2D eigenvalue weighted by Gasteiger charge is 2.31. The van der Waals surface area contributed by atoms with E-state index in [9.17, 15) is 0 Å². The van der Waals surface area contributed by atoms with Crippen LogP contribution in [0, 0.1) is 5.41 Å². The maximum absolute atomic E-state index is 4.99. The molecule has 7 heteroatoms. The lowest BCUT2D eigenvalue weighted by molar-refractivity contribution is -0.282. The minimum Gasteiger partial charge on any atom is -0.369 e. The molecule has 0 bridgehead atoms. The van der Waals surface area contributed by atoms with Gasteiger partial charge in [0.15, 0.2) is 0 Å². The second-order valence-corrected chi connectivity index (χ2v) is 11.5. The fraction of sp³-hybridized carbons (Fsp3) is 0.500. The lowest BCUT2D eigenvalue weighted by atomic mass is 9.75. The van der Waals surface area contributed by atoms with Gasteiger partial charge in [0.1, 0.15) is 16.6 Å². The molecule has 1 aliphatic heterocycles. The van der Waals surface area contributed by atoms with Gasteiger partial charge in [-0.3, -0.25) is 4.90 Å². The van der Waals surface area contributed by atoms with Gasteiger partial charge in [0, 0.05) is 49.0 Å². The van der Waals surface area contributed by atoms with Gasteiger partial charge < -0.3 is 4.90 Å². The number of hydrogen-bond acceptors (Lipinski definition) is 7. The first-order chi connectivity index (χ1) is 17.0. The molecule has 2 aliphatic rings. The third kappa shape index (κ3) is 5.92. The van der Waals surface area contributed by atoms with E-state index in [0.29, 0.717) is 12.0 Å². The summed E-state index contributed by atoms with van der Waals surface area (Å²) in [5.41, 5.74) is 5.08. The molecule has 1 aromatic heterocycles. The van der Waals surface area contributed by atoms with Crippen LogP contribution < -0.4 is 4.90 Å². The quantitative estimate of drug-likeness (QED) is 0.296. The van der Waals surface area contributed by atoms with E-state index in [2.05, 4.69) is 75.1 Å². The van der Waals surface area contributed by atoms with Crippen LogP contribution in [-0.2, 0) is 16.4 Å². The van der Waals surface area contributed by atoms with Crippen molar-refractivity contribution in [2.75, 3.05) is 38.2 Å². The van der Waals surface area contributed by atoms with E-state index in [-0.39, 0.29) is 0 Å². The van der Waals surface area contributed by atoms with Gasteiger partial charge >= 0.3 is 0 Å². The summed E-state index contributed by atoms with van der Waals surface area (Å²) in [5, 5.41) is 10.7. The number of rotatable bonds is 7. The molecule has 0 N–H and O–H groups in total. The van der Waals surface area contributed by atoms with E-state index in [1.807, 2.05) is 12.1 Å². The average molecular weight is 493 g/mol. The van der Waals surface area contributed by atoms with Crippen LogP contribution >= 0.6 is 11.3 Å². The SMILES string of the molecule is COOCc1ccc(-c2nnc(-c3ccc(N4CCN(C5CCC(C)(C)CC5)CC4)cc3)s2)cc1. The summed E-state index contributed by atoms with van der Waals surface area (Å²) in [6.45, 7) is 9.82. The van der Waals surface area contributed by atoms with Gasteiger partial charge in [-0.05, 0) is 60.9 Å². The van der Waals surface area contributed by atoms with Gasteiger partial charge in [-0.25, -0.2) is 9.78 Å². The Bertz CT molecular complexity index is 1080. The van der Waals surface area contributed by atoms with Crippen molar-refractivity contribution in [3.05, 3.63) is 54.1 Å². The predicted octanol–water partition coefficient (Wildman–Crippen LogP) is 6.04. The van der Waals surface area contributed by atoms with Crippen molar-refractivity contribution in [3.63, 3.8) is 0 Å². The maximum atomic E-state index is 4.99. The van der Waals surface area contributed by atoms with E-state index in [0.717, 1.165) is 45.8 Å². The van der Waals surface area contributed by atoms with Crippen LogP contribution in [0.3, 0.4) is 0 Å². The number of benzene rings is 2. The zero-order valence-electron chi connectivity index (χ0n) is 21.1. The first-order valence-electron chi connectivity index (χ1n) is 12.7. The minimum absolute atomic E-state index is 0.429. The van der Waals surface area contributed by atoms with Crippen molar-refractivity contribution in [1.82, 2.24) is 15.1 Å². The highest BCUT2D eigenvalue weighted by molar-refractivity contribution is 7.17. The smallest absolute Gasteiger partial charge is 0.148 e. The van der Waals surface area contributed by atoms with E-state index in [1.54, 1.807) is 11.3 Å². The molecule has 0 amide bonds. The summed E-state index contributed by atoms with van der Waals surface area (Å²) >= 11 is 1.62. The van der Waals surface area contributed by atoms with Crippen molar-refractivity contribution >= 4 is 17.0 Å². The van der Waals surface area contributed by atoms with Gasteiger partial charge in [0.2, 0.25) is 0 Å². The molecule has 1 saturated carbocycles. The van der Waals surface area contributed by atoms with Crippen molar-refractivity contribution in [2.45, 2.75) is 52.2 Å².